The standard InChI is InChI=1S/C15H15BrO/c16-11-15(17)10-12-6-8-14(9-7-12)13-4-2-1-3-5-13/h1-9,15,17H,10-11H2/t15-/m0/s1. The summed E-state index contributed by atoms with van der Waals surface area (Å²) in [5.41, 5.74) is 3.60. The maximum Gasteiger partial charge on any atom is 0.0677 e. The van der Waals surface area contributed by atoms with Crippen LogP contribution in [0.2, 0.25) is 0 Å². The number of rotatable bonds is 4. The van der Waals surface area contributed by atoms with Gasteiger partial charge in [-0.2, -0.15) is 0 Å². The fourth-order valence-electron chi connectivity index (χ4n) is 1.79. The highest BCUT2D eigenvalue weighted by Crippen LogP contribution is 2.19. The second kappa shape index (κ2) is 5.99. The number of benzene rings is 2. The van der Waals surface area contributed by atoms with E-state index in [4.69, 9.17) is 0 Å². The van der Waals surface area contributed by atoms with Crippen molar-refractivity contribution in [3.8, 4) is 11.1 Å². The zero-order chi connectivity index (χ0) is 12.1. The summed E-state index contributed by atoms with van der Waals surface area (Å²) >= 11 is 3.27. The van der Waals surface area contributed by atoms with E-state index in [2.05, 4.69) is 52.3 Å². The van der Waals surface area contributed by atoms with Crippen LogP contribution in [0.1, 0.15) is 5.56 Å². The first-order chi connectivity index (χ1) is 8.29. The van der Waals surface area contributed by atoms with Gasteiger partial charge in [0.05, 0.1) is 6.10 Å². The lowest BCUT2D eigenvalue weighted by Crippen LogP contribution is -2.11. The van der Waals surface area contributed by atoms with Crippen molar-refractivity contribution in [2.24, 2.45) is 0 Å². The van der Waals surface area contributed by atoms with E-state index in [9.17, 15) is 5.11 Å². The molecule has 0 fully saturated rings. The van der Waals surface area contributed by atoms with E-state index in [0.717, 1.165) is 5.56 Å². The van der Waals surface area contributed by atoms with Crippen LogP contribution in [0.5, 0.6) is 0 Å². The molecule has 0 unspecified atom stereocenters. The average molecular weight is 291 g/mol. The van der Waals surface area contributed by atoms with Crippen LogP contribution in [-0.4, -0.2) is 16.5 Å². The molecule has 0 aliphatic rings. The molecule has 0 radical (unpaired) electrons. The van der Waals surface area contributed by atoms with Gasteiger partial charge in [0.2, 0.25) is 0 Å². The molecule has 0 aliphatic carbocycles. The molecule has 0 bridgehead atoms. The highest BCUT2D eigenvalue weighted by atomic mass is 79.9. The summed E-state index contributed by atoms with van der Waals surface area (Å²) in [7, 11) is 0. The van der Waals surface area contributed by atoms with E-state index >= 15 is 0 Å². The molecule has 2 rings (SSSR count). The molecule has 1 nitrogen and oxygen atoms in total. The SMILES string of the molecule is O[C@H](CBr)Cc1ccc(-c2ccccc2)cc1. The minimum absolute atomic E-state index is 0.308. The summed E-state index contributed by atoms with van der Waals surface area (Å²) in [4.78, 5) is 0. The van der Waals surface area contributed by atoms with Crippen LogP contribution in [0.15, 0.2) is 54.6 Å². The summed E-state index contributed by atoms with van der Waals surface area (Å²) in [5, 5.41) is 10.2. The van der Waals surface area contributed by atoms with Gasteiger partial charge < -0.3 is 5.11 Å². The van der Waals surface area contributed by atoms with E-state index in [0.29, 0.717) is 11.8 Å². The van der Waals surface area contributed by atoms with Crippen LogP contribution < -0.4 is 0 Å². The summed E-state index contributed by atoms with van der Waals surface area (Å²) in [5.74, 6) is 0. The Morgan fingerprint density at radius 1 is 0.882 bits per heavy atom. The number of halogens is 1. The van der Waals surface area contributed by atoms with E-state index in [1.165, 1.54) is 11.1 Å². The topological polar surface area (TPSA) is 20.2 Å². The van der Waals surface area contributed by atoms with Crippen molar-refractivity contribution in [3.05, 3.63) is 60.2 Å². The van der Waals surface area contributed by atoms with Crippen molar-refractivity contribution in [2.75, 3.05) is 5.33 Å². The highest BCUT2D eigenvalue weighted by molar-refractivity contribution is 9.09. The van der Waals surface area contributed by atoms with Gasteiger partial charge in [0.25, 0.3) is 0 Å². The average Bonchev–Trinajstić information content (AvgIpc) is 2.40. The first-order valence-corrected chi connectivity index (χ1v) is 6.80. The van der Waals surface area contributed by atoms with Gasteiger partial charge in [-0.05, 0) is 23.1 Å². The van der Waals surface area contributed by atoms with Crippen molar-refractivity contribution in [3.63, 3.8) is 0 Å². The minimum atomic E-state index is -0.308. The van der Waals surface area contributed by atoms with E-state index in [-0.39, 0.29) is 6.10 Å². The lowest BCUT2D eigenvalue weighted by atomic mass is 10.0. The van der Waals surface area contributed by atoms with Gasteiger partial charge in [-0.15, -0.1) is 0 Å². The zero-order valence-corrected chi connectivity index (χ0v) is 11.1. The normalized spacial score (nSPS) is 12.4. The number of hydrogen-bond donors (Lipinski definition) is 1. The summed E-state index contributed by atoms with van der Waals surface area (Å²) in [6.07, 6.45) is 0.387. The lowest BCUT2D eigenvalue weighted by molar-refractivity contribution is 0.201. The molecule has 17 heavy (non-hydrogen) atoms. The third-order valence-electron chi connectivity index (χ3n) is 2.71. The van der Waals surface area contributed by atoms with Gasteiger partial charge in [0, 0.05) is 5.33 Å². The number of alkyl halides is 1. The smallest absolute Gasteiger partial charge is 0.0677 e. The Morgan fingerprint density at radius 3 is 2.06 bits per heavy atom. The van der Waals surface area contributed by atoms with Gasteiger partial charge in [0.15, 0.2) is 0 Å². The number of aliphatic hydroxyl groups excluding tert-OH is 1. The maximum absolute atomic E-state index is 9.55. The van der Waals surface area contributed by atoms with E-state index in [1.807, 2.05) is 18.2 Å². The Morgan fingerprint density at radius 2 is 1.47 bits per heavy atom. The molecule has 0 aliphatic heterocycles. The van der Waals surface area contributed by atoms with Crippen molar-refractivity contribution < 1.29 is 5.11 Å². The third-order valence-corrected chi connectivity index (χ3v) is 3.46. The molecular weight excluding hydrogens is 276 g/mol. The fourth-order valence-corrected chi connectivity index (χ4v) is 2.02. The number of hydrogen-bond acceptors (Lipinski definition) is 1. The minimum Gasteiger partial charge on any atom is -0.392 e. The summed E-state index contributed by atoms with van der Waals surface area (Å²) in [6.45, 7) is 0. The molecule has 0 heterocycles. The molecule has 0 saturated heterocycles. The molecule has 1 atom stereocenters. The van der Waals surface area contributed by atoms with Crippen LogP contribution in [0.3, 0.4) is 0 Å². The molecule has 2 aromatic rings. The molecule has 0 saturated carbocycles. The van der Waals surface area contributed by atoms with Gasteiger partial charge in [-0.3, -0.25) is 0 Å². The molecular formula is C15H15BrO. The van der Waals surface area contributed by atoms with Gasteiger partial charge in [0.1, 0.15) is 0 Å². The first-order valence-electron chi connectivity index (χ1n) is 5.68. The molecule has 0 spiro atoms. The highest BCUT2D eigenvalue weighted by Gasteiger charge is 2.03. The van der Waals surface area contributed by atoms with Crippen molar-refractivity contribution in [1.82, 2.24) is 0 Å². The Kier molecular flexibility index (Phi) is 4.35. The quantitative estimate of drug-likeness (QED) is 0.852. The summed E-state index contributed by atoms with van der Waals surface area (Å²) in [6, 6.07) is 18.7. The molecule has 1 N–H and O–H groups in total. The maximum atomic E-state index is 9.55. The second-order valence-corrected chi connectivity index (χ2v) is 4.72. The third kappa shape index (κ3) is 3.42. The largest absolute Gasteiger partial charge is 0.392 e. The second-order valence-electron chi connectivity index (χ2n) is 4.08. The molecule has 88 valence electrons. The first kappa shape index (κ1) is 12.3. The van der Waals surface area contributed by atoms with Gasteiger partial charge >= 0.3 is 0 Å². The Hall–Kier alpha value is -1.12. The fraction of sp³-hybridized carbons (Fsp3) is 0.200. The van der Waals surface area contributed by atoms with Gasteiger partial charge in [-0.25, -0.2) is 0 Å². The molecule has 2 heteroatoms. The van der Waals surface area contributed by atoms with Crippen molar-refractivity contribution in [1.29, 1.82) is 0 Å². The van der Waals surface area contributed by atoms with Crippen LogP contribution in [-0.2, 0) is 6.42 Å². The van der Waals surface area contributed by atoms with E-state index in [1.54, 1.807) is 0 Å². The van der Waals surface area contributed by atoms with Crippen LogP contribution >= 0.6 is 15.9 Å². The van der Waals surface area contributed by atoms with Gasteiger partial charge in [-0.1, -0.05) is 70.5 Å². The zero-order valence-electron chi connectivity index (χ0n) is 9.51. The molecule has 0 aromatic heterocycles. The monoisotopic (exact) mass is 290 g/mol. The van der Waals surface area contributed by atoms with Crippen molar-refractivity contribution >= 4 is 15.9 Å². The predicted molar refractivity (Wildman–Crippen MR) is 75.4 cm³/mol. The van der Waals surface area contributed by atoms with Crippen molar-refractivity contribution in [2.45, 2.75) is 12.5 Å². The Labute approximate surface area is 110 Å². The van der Waals surface area contributed by atoms with Crippen LogP contribution in [0.4, 0.5) is 0 Å². The van der Waals surface area contributed by atoms with Crippen LogP contribution in [0.25, 0.3) is 11.1 Å². The summed E-state index contributed by atoms with van der Waals surface area (Å²) < 4.78 is 0. The molecule has 0 amide bonds. The number of aliphatic hydroxyl groups is 1. The Balaban J connectivity index is 2.13. The molecule has 2 aromatic carbocycles. The lowest BCUT2D eigenvalue weighted by Gasteiger charge is -2.08. The van der Waals surface area contributed by atoms with E-state index < -0.39 is 0 Å². The predicted octanol–water partition coefficient (Wildman–Crippen LogP) is 3.65. The Bertz CT molecular complexity index is 450. The van der Waals surface area contributed by atoms with Crippen LogP contribution in [0, 0.1) is 0 Å².